The molecule has 4 aliphatic rings. The fraction of sp³-hybridized carbons (Fsp3) is 0.241. The molecule has 0 fully saturated rings. The average Bonchev–Trinajstić information content (AvgIpc) is 4.00. The lowest BCUT2D eigenvalue weighted by atomic mass is 9.74. The molecule has 6 aromatic carbocycles. The fourth-order valence-corrected chi connectivity index (χ4v) is 11.8. The predicted molar refractivity (Wildman–Crippen MR) is 286 cm³/mol. The van der Waals surface area contributed by atoms with E-state index < -0.39 is 11.1 Å². The Morgan fingerprint density at radius 2 is 0.775 bits per heavy atom. The number of aryl methyl sites for hydroxylation is 4. The van der Waals surface area contributed by atoms with E-state index in [0.717, 1.165) is 114 Å². The Hall–Kier alpha value is -7.90. The molecule has 4 aliphatic heterocycles. The molecule has 0 saturated heterocycles. The third-order valence-electron chi connectivity index (χ3n) is 14.1. The lowest BCUT2D eigenvalue weighted by Gasteiger charge is -2.42. The van der Waals surface area contributed by atoms with Crippen LogP contribution < -0.4 is 30.7 Å². The summed E-state index contributed by atoms with van der Waals surface area (Å²) in [5.74, 6) is 2.17. The van der Waals surface area contributed by atoms with Gasteiger partial charge in [0, 0.05) is 127 Å². The number of ether oxygens (including phenoxy) is 2. The van der Waals surface area contributed by atoms with Crippen LogP contribution in [-0.2, 0) is 11.1 Å². The highest BCUT2D eigenvalue weighted by Crippen LogP contribution is 2.61. The molecule has 0 unspecified atom stereocenters. The van der Waals surface area contributed by atoms with Gasteiger partial charge in [0.25, 0.3) is 11.8 Å². The van der Waals surface area contributed by atoms with Gasteiger partial charge in [0.05, 0.1) is 12.4 Å². The number of fused-ring (bicyclic) bond motifs is 12. The van der Waals surface area contributed by atoms with Gasteiger partial charge in [-0.25, -0.2) is 10.0 Å². The number of hydrogen-bond donors (Lipinski definition) is 4. The van der Waals surface area contributed by atoms with Crippen LogP contribution >= 0.6 is 11.3 Å². The van der Waals surface area contributed by atoms with E-state index in [1.54, 1.807) is 22.4 Å². The number of amides is 2. The van der Waals surface area contributed by atoms with Crippen LogP contribution in [0.5, 0.6) is 23.0 Å². The second-order valence-corrected chi connectivity index (χ2v) is 19.6. The topological polar surface area (TPSA) is 132 Å². The molecule has 0 aliphatic carbocycles. The summed E-state index contributed by atoms with van der Waals surface area (Å²) < 4.78 is 13.6. The number of thiophene rings is 1. The maximum Gasteiger partial charge on any atom is 0.275 e. The van der Waals surface area contributed by atoms with Crippen LogP contribution in [0.1, 0.15) is 114 Å². The molecule has 358 valence electrons. The van der Waals surface area contributed by atoms with Gasteiger partial charge in [-0.1, -0.05) is 36.4 Å². The number of carbonyl (C=O) groups is 2. The van der Waals surface area contributed by atoms with E-state index in [1.807, 2.05) is 84.9 Å². The zero-order valence-electron chi connectivity index (χ0n) is 41.2. The molecule has 4 N–H and O–H groups in total. The number of rotatable bonds is 12. The SMILES string of the molecule is CCNc1cc2c(cc1C)C1(c3cc(C)c(NCC)cc3O2)c2ccccc2C(=O)N1/N=C/c1ccc(/C=N/N2C(=O)c3ccccc3C23c2cc(C)c(NCC)cc2Oc2cc(NCC)c(C)cc23)s1. The van der Waals surface area contributed by atoms with E-state index in [0.29, 0.717) is 34.1 Å². The molecule has 1 aromatic heterocycles. The molecular weight excluding hydrogens is 905 g/mol. The number of anilines is 4. The Kier molecular flexibility index (Phi) is 11.2. The van der Waals surface area contributed by atoms with Crippen LogP contribution in [0.15, 0.2) is 119 Å². The highest BCUT2D eigenvalue weighted by molar-refractivity contribution is 7.15. The Morgan fingerprint density at radius 1 is 0.465 bits per heavy atom. The number of hydrazone groups is 2. The van der Waals surface area contributed by atoms with E-state index >= 15 is 0 Å². The number of benzene rings is 6. The fourth-order valence-electron chi connectivity index (χ4n) is 11.1. The number of nitrogens with zero attached hydrogens (tertiary/aromatic N) is 4. The van der Waals surface area contributed by atoms with Gasteiger partial charge < -0.3 is 30.7 Å². The van der Waals surface area contributed by atoms with Crippen molar-refractivity contribution in [3.8, 4) is 23.0 Å². The van der Waals surface area contributed by atoms with Crippen molar-refractivity contribution in [2.75, 3.05) is 47.4 Å². The molecule has 7 aromatic rings. The summed E-state index contributed by atoms with van der Waals surface area (Å²) in [6.45, 7) is 19.5. The quantitative estimate of drug-likeness (QED) is 0.0891. The summed E-state index contributed by atoms with van der Waals surface area (Å²) in [5, 5.41) is 27.6. The Labute approximate surface area is 418 Å². The number of nitrogens with one attached hydrogen (secondary N) is 4. The summed E-state index contributed by atoms with van der Waals surface area (Å²) in [7, 11) is 0. The molecule has 11 rings (SSSR count). The molecule has 0 saturated carbocycles. The van der Waals surface area contributed by atoms with Crippen molar-refractivity contribution < 1.29 is 19.1 Å². The van der Waals surface area contributed by atoms with Gasteiger partial charge in [-0.15, -0.1) is 11.3 Å². The summed E-state index contributed by atoms with van der Waals surface area (Å²) in [4.78, 5) is 31.5. The second kappa shape index (κ2) is 17.5. The van der Waals surface area contributed by atoms with E-state index in [9.17, 15) is 9.59 Å². The van der Waals surface area contributed by atoms with Crippen molar-refractivity contribution in [2.45, 2.75) is 66.5 Å². The maximum atomic E-state index is 14.9. The molecule has 0 radical (unpaired) electrons. The van der Waals surface area contributed by atoms with E-state index in [2.05, 4.69) is 101 Å². The lowest BCUT2D eigenvalue weighted by Crippen LogP contribution is -2.44. The standard InChI is InChI=1S/C58H56N8O4S/c1-9-59-47-27-51-43(23-33(47)5)57(44-24-34(6)48(60-10-2)28-52(44)69-51)41-19-15-13-17-39(41)55(67)65(57)63-31-37-21-22-38(71-37)32-64-66-56(68)40-18-14-16-20-42(40)58(66)45-25-35(7)49(61-11-3)29-53(45)70-54-30-50(62-12-4)36(8)26-46(54)58/h13-32,59-62H,9-12H2,1-8H3/b63-31+,64-32+. The van der Waals surface area contributed by atoms with Crippen LogP contribution in [0, 0.1) is 27.7 Å². The first-order valence-corrected chi connectivity index (χ1v) is 25.3. The van der Waals surface area contributed by atoms with Crippen LogP contribution in [-0.4, -0.2) is 60.4 Å². The van der Waals surface area contributed by atoms with Crippen molar-refractivity contribution in [2.24, 2.45) is 10.2 Å². The maximum absolute atomic E-state index is 14.9. The van der Waals surface area contributed by atoms with Gasteiger partial charge in [-0.2, -0.15) is 10.2 Å². The van der Waals surface area contributed by atoms with Crippen molar-refractivity contribution in [3.05, 3.63) is 186 Å². The van der Waals surface area contributed by atoms with Gasteiger partial charge in [-0.3, -0.25) is 9.59 Å². The second-order valence-electron chi connectivity index (χ2n) is 18.5. The van der Waals surface area contributed by atoms with Crippen molar-refractivity contribution in [1.82, 2.24) is 10.0 Å². The van der Waals surface area contributed by atoms with Gasteiger partial charge in [0.1, 0.15) is 34.1 Å². The molecule has 71 heavy (non-hydrogen) atoms. The summed E-state index contributed by atoms with van der Waals surface area (Å²) in [6, 6.07) is 36.2. The zero-order valence-corrected chi connectivity index (χ0v) is 42.0. The first-order valence-electron chi connectivity index (χ1n) is 24.4. The molecule has 13 heteroatoms. The third kappa shape index (κ3) is 6.84. The van der Waals surface area contributed by atoms with E-state index in [1.165, 1.54) is 11.3 Å². The molecule has 2 amide bonds. The summed E-state index contributed by atoms with van der Waals surface area (Å²) in [5.41, 5.74) is 11.8. The molecule has 0 bridgehead atoms. The average molecular weight is 961 g/mol. The minimum Gasteiger partial charge on any atom is -0.456 e. The highest BCUT2D eigenvalue weighted by atomic mass is 32.1. The van der Waals surface area contributed by atoms with Gasteiger partial charge in [0.2, 0.25) is 0 Å². The molecule has 2 spiro atoms. The van der Waals surface area contributed by atoms with Crippen molar-refractivity contribution in [3.63, 3.8) is 0 Å². The molecule has 12 nitrogen and oxygen atoms in total. The zero-order chi connectivity index (χ0) is 49.3. The summed E-state index contributed by atoms with van der Waals surface area (Å²) >= 11 is 1.46. The van der Waals surface area contributed by atoms with Crippen LogP contribution in [0.25, 0.3) is 0 Å². The normalized spacial score (nSPS) is 15.3. The monoisotopic (exact) mass is 960 g/mol. The smallest absolute Gasteiger partial charge is 0.275 e. The highest BCUT2D eigenvalue weighted by Gasteiger charge is 2.59. The first-order chi connectivity index (χ1) is 34.5. The number of hydrogen-bond acceptors (Lipinski definition) is 11. The van der Waals surface area contributed by atoms with Crippen LogP contribution in [0.3, 0.4) is 0 Å². The Morgan fingerprint density at radius 3 is 1.08 bits per heavy atom. The van der Waals surface area contributed by atoms with Gasteiger partial charge in [-0.05, 0) is 126 Å². The van der Waals surface area contributed by atoms with E-state index in [-0.39, 0.29) is 11.8 Å². The molecular formula is C58H56N8O4S. The number of carbonyl (C=O) groups excluding carboxylic acids is 2. The minimum atomic E-state index is -1.15. The van der Waals surface area contributed by atoms with Crippen LogP contribution in [0.4, 0.5) is 22.7 Å². The lowest BCUT2D eigenvalue weighted by molar-refractivity contribution is 0.0667. The summed E-state index contributed by atoms with van der Waals surface area (Å²) in [6.07, 6.45) is 3.50. The minimum absolute atomic E-state index is 0.217. The predicted octanol–water partition coefficient (Wildman–Crippen LogP) is 12.5. The Bertz CT molecular complexity index is 3070. The first kappa shape index (κ1) is 45.5. The van der Waals surface area contributed by atoms with E-state index in [4.69, 9.17) is 19.7 Å². The van der Waals surface area contributed by atoms with Crippen LogP contribution in [0.2, 0.25) is 0 Å². The molecule has 0 atom stereocenters. The molecule has 5 heterocycles. The van der Waals surface area contributed by atoms with Gasteiger partial charge >= 0.3 is 0 Å². The van der Waals surface area contributed by atoms with Crippen molar-refractivity contribution in [1.29, 1.82) is 0 Å². The third-order valence-corrected chi connectivity index (χ3v) is 15.1. The largest absolute Gasteiger partial charge is 0.456 e. The Balaban J connectivity index is 1.02. The van der Waals surface area contributed by atoms with Crippen molar-refractivity contribution >= 4 is 58.3 Å². The van der Waals surface area contributed by atoms with Gasteiger partial charge in [0.15, 0.2) is 0 Å².